The van der Waals surface area contributed by atoms with E-state index in [4.69, 9.17) is 10.6 Å². The maximum Gasteiger partial charge on any atom is 0.291 e. The van der Waals surface area contributed by atoms with Crippen LogP contribution in [-0.2, 0) is 0 Å². The fourth-order valence-corrected chi connectivity index (χ4v) is 2.32. The molecule has 1 aromatic heterocycles. The van der Waals surface area contributed by atoms with Crippen LogP contribution in [0.2, 0.25) is 0 Å². The molecular formula is C11H10BrN3O2S. The number of amides is 1. The van der Waals surface area contributed by atoms with Gasteiger partial charge in [-0.15, -0.1) is 11.3 Å². The van der Waals surface area contributed by atoms with Gasteiger partial charge in [-0.05, 0) is 40.2 Å². The van der Waals surface area contributed by atoms with Crippen LogP contribution in [0, 0.1) is 0 Å². The van der Waals surface area contributed by atoms with Crippen molar-refractivity contribution in [3.63, 3.8) is 0 Å². The molecule has 0 radical (unpaired) electrons. The van der Waals surface area contributed by atoms with E-state index >= 15 is 0 Å². The smallest absolute Gasteiger partial charge is 0.291 e. The highest BCUT2D eigenvalue weighted by Gasteiger charge is 2.17. The summed E-state index contributed by atoms with van der Waals surface area (Å²) >= 11 is 4.54. The third-order valence-electron chi connectivity index (χ3n) is 2.26. The van der Waals surface area contributed by atoms with Crippen LogP contribution in [0.5, 0.6) is 5.75 Å². The summed E-state index contributed by atoms with van der Waals surface area (Å²) in [5.41, 5.74) is 0.884. The van der Waals surface area contributed by atoms with Gasteiger partial charge in [0.2, 0.25) is 0 Å². The maximum absolute atomic E-state index is 12.0. The molecule has 1 amide bonds. The molecule has 0 atom stereocenters. The first kappa shape index (κ1) is 13.0. The minimum absolute atomic E-state index is 0.310. The second-order valence-electron chi connectivity index (χ2n) is 3.36. The normalized spacial score (nSPS) is 10.2. The highest BCUT2D eigenvalue weighted by atomic mass is 79.9. The molecule has 0 aliphatic heterocycles. The van der Waals surface area contributed by atoms with Crippen LogP contribution in [0.15, 0.2) is 33.6 Å². The zero-order valence-electron chi connectivity index (χ0n) is 9.46. The molecule has 2 aromatic rings. The number of aromatic nitrogens is 1. The van der Waals surface area contributed by atoms with Gasteiger partial charge in [0.05, 0.1) is 12.8 Å². The zero-order chi connectivity index (χ0) is 13.1. The number of thiazole rings is 1. The summed E-state index contributed by atoms with van der Waals surface area (Å²) in [4.78, 5) is 16.0. The first-order valence-electron chi connectivity index (χ1n) is 4.96. The first-order chi connectivity index (χ1) is 8.61. The number of benzene rings is 1. The molecule has 0 unspecified atom stereocenters. The van der Waals surface area contributed by atoms with Gasteiger partial charge in [-0.1, -0.05) is 0 Å². The quantitative estimate of drug-likeness (QED) is 0.534. The molecule has 0 fully saturated rings. The molecule has 0 bridgehead atoms. The summed E-state index contributed by atoms with van der Waals surface area (Å²) in [7, 11) is 1.58. The third kappa shape index (κ3) is 2.69. The SMILES string of the molecule is COc1ccc(N(N)C(=O)c2csc(Br)n2)cc1. The fraction of sp³-hybridized carbons (Fsp3) is 0.0909. The molecule has 0 saturated heterocycles. The molecule has 0 saturated carbocycles. The molecule has 0 spiro atoms. The monoisotopic (exact) mass is 327 g/mol. The van der Waals surface area contributed by atoms with Gasteiger partial charge < -0.3 is 4.74 Å². The van der Waals surface area contributed by atoms with E-state index < -0.39 is 0 Å². The summed E-state index contributed by atoms with van der Waals surface area (Å²) in [6, 6.07) is 6.88. The van der Waals surface area contributed by atoms with Crippen molar-refractivity contribution < 1.29 is 9.53 Å². The van der Waals surface area contributed by atoms with Crippen molar-refractivity contribution in [2.45, 2.75) is 0 Å². The van der Waals surface area contributed by atoms with Crippen molar-refractivity contribution in [1.82, 2.24) is 4.98 Å². The second-order valence-corrected chi connectivity index (χ2v) is 5.49. The lowest BCUT2D eigenvalue weighted by molar-refractivity contribution is 0.0982. The average molecular weight is 328 g/mol. The van der Waals surface area contributed by atoms with Gasteiger partial charge in [-0.3, -0.25) is 4.79 Å². The molecule has 2 N–H and O–H groups in total. The lowest BCUT2D eigenvalue weighted by Crippen LogP contribution is -2.37. The second kappa shape index (κ2) is 5.47. The van der Waals surface area contributed by atoms with E-state index in [0.29, 0.717) is 21.0 Å². The Bertz CT molecular complexity index is 556. The van der Waals surface area contributed by atoms with E-state index in [1.165, 1.54) is 11.3 Å². The van der Waals surface area contributed by atoms with Crippen molar-refractivity contribution in [3.05, 3.63) is 39.3 Å². The van der Waals surface area contributed by atoms with Crippen LogP contribution in [0.25, 0.3) is 0 Å². The molecule has 94 valence electrons. The number of hydrogen-bond donors (Lipinski definition) is 1. The Kier molecular flexibility index (Phi) is 3.95. The number of ether oxygens (including phenoxy) is 1. The van der Waals surface area contributed by atoms with Crippen LogP contribution in [-0.4, -0.2) is 18.0 Å². The molecule has 18 heavy (non-hydrogen) atoms. The standard InChI is InChI=1S/C11H10BrN3O2S/c1-17-8-4-2-7(3-5-8)15(13)10(16)9-6-18-11(12)14-9/h2-6H,13H2,1H3. The molecule has 1 aromatic carbocycles. The van der Waals surface area contributed by atoms with Gasteiger partial charge in [0, 0.05) is 5.38 Å². The Morgan fingerprint density at radius 2 is 2.11 bits per heavy atom. The van der Waals surface area contributed by atoms with E-state index in [9.17, 15) is 4.79 Å². The highest BCUT2D eigenvalue weighted by molar-refractivity contribution is 9.11. The Hall–Kier alpha value is -1.44. The van der Waals surface area contributed by atoms with E-state index in [2.05, 4.69) is 20.9 Å². The van der Waals surface area contributed by atoms with Crippen molar-refractivity contribution in [2.75, 3.05) is 12.1 Å². The Labute approximate surface area is 116 Å². The van der Waals surface area contributed by atoms with Crippen molar-refractivity contribution >= 4 is 38.9 Å². The van der Waals surface area contributed by atoms with Crippen LogP contribution < -0.4 is 15.6 Å². The van der Waals surface area contributed by atoms with Gasteiger partial charge in [0.1, 0.15) is 11.4 Å². The van der Waals surface area contributed by atoms with E-state index in [-0.39, 0.29) is 5.91 Å². The Balaban J connectivity index is 2.19. The van der Waals surface area contributed by atoms with Gasteiger partial charge in [0.25, 0.3) is 5.91 Å². The summed E-state index contributed by atoms with van der Waals surface area (Å²) in [6.07, 6.45) is 0. The maximum atomic E-state index is 12.0. The van der Waals surface area contributed by atoms with E-state index in [0.717, 1.165) is 5.01 Å². The number of carbonyl (C=O) groups excluding carboxylic acids is 1. The molecule has 2 rings (SSSR count). The van der Waals surface area contributed by atoms with Gasteiger partial charge in [-0.2, -0.15) is 0 Å². The molecule has 5 nitrogen and oxygen atoms in total. The number of carbonyl (C=O) groups is 1. The molecule has 1 heterocycles. The van der Waals surface area contributed by atoms with Gasteiger partial charge >= 0.3 is 0 Å². The predicted octanol–water partition coefficient (Wildman–Crippen LogP) is 2.43. The van der Waals surface area contributed by atoms with Gasteiger partial charge in [-0.25, -0.2) is 15.8 Å². The Morgan fingerprint density at radius 3 is 2.61 bits per heavy atom. The predicted molar refractivity (Wildman–Crippen MR) is 73.8 cm³/mol. The first-order valence-corrected chi connectivity index (χ1v) is 6.63. The Morgan fingerprint density at radius 1 is 1.44 bits per heavy atom. The number of hydrogen-bond acceptors (Lipinski definition) is 5. The topological polar surface area (TPSA) is 68.5 Å². The number of halogens is 1. The summed E-state index contributed by atoms with van der Waals surface area (Å²) in [5.74, 6) is 6.11. The number of nitrogens with two attached hydrogens (primary N) is 1. The number of anilines is 1. The van der Waals surface area contributed by atoms with Gasteiger partial charge in [0.15, 0.2) is 3.92 Å². The summed E-state index contributed by atoms with van der Waals surface area (Å²) < 4.78 is 5.68. The van der Waals surface area contributed by atoms with Crippen molar-refractivity contribution in [2.24, 2.45) is 5.84 Å². The minimum Gasteiger partial charge on any atom is -0.497 e. The lowest BCUT2D eigenvalue weighted by atomic mass is 10.3. The minimum atomic E-state index is -0.359. The number of nitrogens with zero attached hydrogens (tertiary/aromatic N) is 2. The summed E-state index contributed by atoms with van der Waals surface area (Å²) in [6.45, 7) is 0. The number of methoxy groups -OCH3 is 1. The molecule has 0 aliphatic rings. The fourth-order valence-electron chi connectivity index (χ4n) is 1.33. The summed E-state index contributed by atoms with van der Waals surface area (Å²) in [5, 5.41) is 2.71. The van der Waals surface area contributed by atoms with E-state index in [1.807, 2.05) is 0 Å². The lowest BCUT2D eigenvalue weighted by Gasteiger charge is -2.15. The number of hydrazine groups is 1. The largest absolute Gasteiger partial charge is 0.497 e. The van der Waals surface area contributed by atoms with Crippen molar-refractivity contribution in [1.29, 1.82) is 0 Å². The zero-order valence-corrected chi connectivity index (χ0v) is 11.9. The average Bonchev–Trinajstić information content (AvgIpc) is 2.84. The van der Waals surface area contributed by atoms with Crippen LogP contribution in [0.1, 0.15) is 10.5 Å². The number of rotatable bonds is 3. The third-order valence-corrected chi connectivity index (χ3v) is 3.63. The van der Waals surface area contributed by atoms with Crippen LogP contribution >= 0.6 is 27.3 Å². The highest BCUT2D eigenvalue weighted by Crippen LogP contribution is 2.21. The molecule has 0 aliphatic carbocycles. The van der Waals surface area contributed by atoms with E-state index in [1.54, 1.807) is 36.8 Å². The molecular weight excluding hydrogens is 318 g/mol. The van der Waals surface area contributed by atoms with Crippen LogP contribution in [0.3, 0.4) is 0 Å². The molecule has 7 heteroatoms. The van der Waals surface area contributed by atoms with Crippen LogP contribution in [0.4, 0.5) is 5.69 Å². The van der Waals surface area contributed by atoms with Crippen molar-refractivity contribution in [3.8, 4) is 5.75 Å².